The summed E-state index contributed by atoms with van der Waals surface area (Å²) in [5.41, 5.74) is 2.49. The second kappa shape index (κ2) is 11.4. The van der Waals surface area contributed by atoms with E-state index in [0.29, 0.717) is 12.1 Å². The van der Waals surface area contributed by atoms with Gasteiger partial charge in [0, 0.05) is 49.4 Å². The van der Waals surface area contributed by atoms with Gasteiger partial charge in [0.15, 0.2) is 11.6 Å². The second-order valence-electron chi connectivity index (χ2n) is 11.6. The molecule has 6 heteroatoms. The summed E-state index contributed by atoms with van der Waals surface area (Å²) in [6.45, 7) is 18.8. The van der Waals surface area contributed by atoms with Crippen LogP contribution in [0.15, 0.2) is 12.1 Å². The maximum Gasteiger partial charge on any atom is 0.153 e. The molecule has 0 aromatic carbocycles. The van der Waals surface area contributed by atoms with Gasteiger partial charge in [0.1, 0.15) is 0 Å². The fourth-order valence-corrected chi connectivity index (χ4v) is 6.64. The maximum atomic E-state index is 4.72. The molecule has 0 amide bonds. The minimum Gasteiger partial charge on any atom is -0.303 e. The SMILES string of the molecule is Cc1ccc(C)n1-n1c(CCCN2C[C@H](C)C[C@H](C)C2)nnc1CCCN1[C@H](C)CCC[C@@H]1C. The molecule has 2 fully saturated rings. The smallest absolute Gasteiger partial charge is 0.153 e. The van der Waals surface area contributed by atoms with E-state index in [-0.39, 0.29) is 0 Å². The predicted octanol–water partition coefficient (Wildman–Crippen LogP) is 5.11. The summed E-state index contributed by atoms with van der Waals surface area (Å²) in [5.74, 6) is 3.84. The van der Waals surface area contributed by atoms with Gasteiger partial charge in [-0.05, 0) is 96.9 Å². The first-order valence-electron chi connectivity index (χ1n) is 13.9. The predicted molar refractivity (Wildman–Crippen MR) is 140 cm³/mol. The first-order valence-corrected chi connectivity index (χ1v) is 13.9. The summed E-state index contributed by atoms with van der Waals surface area (Å²) in [5, 5.41) is 9.45. The quantitative estimate of drug-likeness (QED) is 0.513. The van der Waals surface area contributed by atoms with E-state index in [4.69, 9.17) is 10.2 Å². The van der Waals surface area contributed by atoms with Crippen LogP contribution in [-0.4, -0.2) is 67.6 Å². The molecule has 0 bridgehead atoms. The Morgan fingerprint density at radius 1 is 0.765 bits per heavy atom. The number of nitrogens with zero attached hydrogens (tertiary/aromatic N) is 6. The van der Waals surface area contributed by atoms with E-state index in [1.165, 1.54) is 50.2 Å². The molecule has 2 aliphatic rings. The van der Waals surface area contributed by atoms with Crippen LogP contribution in [0, 0.1) is 25.7 Å². The van der Waals surface area contributed by atoms with Gasteiger partial charge in [0.2, 0.25) is 0 Å². The van der Waals surface area contributed by atoms with Gasteiger partial charge in [-0.25, -0.2) is 4.68 Å². The minimum atomic E-state index is 0.700. The van der Waals surface area contributed by atoms with Crippen molar-refractivity contribution in [3.63, 3.8) is 0 Å². The molecule has 0 N–H and O–H groups in total. The van der Waals surface area contributed by atoms with Crippen LogP contribution in [0.4, 0.5) is 0 Å². The third-order valence-corrected chi connectivity index (χ3v) is 8.22. The number of likely N-dealkylation sites (tertiary alicyclic amines) is 2. The van der Waals surface area contributed by atoms with Gasteiger partial charge in [-0.2, -0.15) is 0 Å². The van der Waals surface area contributed by atoms with Crippen molar-refractivity contribution in [1.29, 1.82) is 0 Å². The first-order chi connectivity index (χ1) is 16.3. The summed E-state index contributed by atoms with van der Waals surface area (Å²) >= 11 is 0. The highest BCUT2D eigenvalue weighted by molar-refractivity contribution is 5.16. The summed E-state index contributed by atoms with van der Waals surface area (Å²) in [7, 11) is 0. The molecule has 0 radical (unpaired) electrons. The van der Waals surface area contributed by atoms with E-state index in [1.807, 2.05) is 0 Å². The van der Waals surface area contributed by atoms with Gasteiger partial charge < -0.3 is 4.90 Å². The van der Waals surface area contributed by atoms with E-state index in [2.05, 4.69) is 72.8 Å². The van der Waals surface area contributed by atoms with Crippen molar-refractivity contribution in [2.24, 2.45) is 11.8 Å². The molecule has 2 saturated heterocycles. The molecule has 6 nitrogen and oxygen atoms in total. The van der Waals surface area contributed by atoms with Crippen LogP contribution in [0.2, 0.25) is 0 Å². The Balaban J connectivity index is 1.43. The average molecular weight is 469 g/mol. The highest BCUT2D eigenvalue weighted by Gasteiger charge is 2.25. The molecule has 2 aromatic rings. The van der Waals surface area contributed by atoms with Gasteiger partial charge in [0.25, 0.3) is 0 Å². The Hall–Kier alpha value is -1.66. The fourth-order valence-electron chi connectivity index (χ4n) is 6.64. The van der Waals surface area contributed by atoms with Crippen LogP contribution < -0.4 is 0 Å². The average Bonchev–Trinajstić information content (AvgIpc) is 3.31. The number of hydrogen-bond acceptors (Lipinski definition) is 4. The Kier molecular flexibility index (Phi) is 8.52. The number of rotatable bonds is 9. The highest BCUT2D eigenvalue weighted by Crippen LogP contribution is 2.24. The van der Waals surface area contributed by atoms with Crippen LogP contribution >= 0.6 is 0 Å². The van der Waals surface area contributed by atoms with Crippen molar-refractivity contribution in [2.75, 3.05) is 26.2 Å². The molecular formula is C28H48N6. The monoisotopic (exact) mass is 468 g/mol. The normalized spacial score (nSPS) is 26.9. The van der Waals surface area contributed by atoms with Crippen LogP contribution in [-0.2, 0) is 12.8 Å². The molecule has 2 aromatic heterocycles. The third kappa shape index (κ3) is 5.93. The van der Waals surface area contributed by atoms with Crippen molar-refractivity contribution in [3.8, 4) is 0 Å². The summed E-state index contributed by atoms with van der Waals surface area (Å²) in [6.07, 6.45) is 9.63. The topological polar surface area (TPSA) is 42.1 Å². The molecule has 4 rings (SSSR count). The largest absolute Gasteiger partial charge is 0.303 e. The number of aryl methyl sites for hydroxylation is 4. The molecule has 2 aliphatic heterocycles. The molecule has 0 spiro atoms. The van der Waals surface area contributed by atoms with Crippen LogP contribution in [0.1, 0.15) is 89.3 Å². The molecule has 4 atom stereocenters. The van der Waals surface area contributed by atoms with E-state index >= 15 is 0 Å². The second-order valence-corrected chi connectivity index (χ2v) is 11.6. The third-order valence-electron chi connectivity index (χ3n) is 8.22. The number of aromatic nitrogens is 4. The van der Waals surface area contributed by atoms with E-state index in [9.17, 15) is 0 Å². The van der Waals surface area contributed by atoms with E-state index < -0.39 is 0 Å². The molecule has 0 aliphatic carbocycles. The van der Waals surface area contributed by atoms with Gasteiger partial charge >= 0.3 is 0 Å². The van der Waals surface area contributed by atoms with Crippen molar-refractivity contribution in [1.82, 2.24) is 29.3 Å². The zero-order chi connectivity index (χ0) is 24.2. The van der Waals surface area contributed by atoms with Crippen LogP contribution in [0.25, 0.3) is 0 Å². The molecule has 34 heavy (non-hydrogen) atoms. The van der Waals surface area contributed by atoms with E-state index in [0.717, 1.165) is 62.3 Å². The Morgan fingerprint density at radius 2 is 1.29 bits per heavy atom. The molecule has 0 unspecified atom stereocenters. The maximum absolute atomic E-state index is 4.72. The number of hydrogen-bond donors (Lipinski definition) is 0. The summed E-state index contributed by atoms with van der Waals surface area (Å²) in [4.78, 5) is 5.37. The fraction of sp³-hybridized carbons (Fsp3) is 0.786. The van der Waals surface area contributed by atoms with E-state index in [1.54, 1.807) is 0 Å². The zero-order valence-corrected chi connectivity index (χ0v) is 22.6. The van der Waals surface area contributed by atoms with Gasteiger partial charge in [0.05, 0.1) is 0 Å². The lowest BCUT2D eigenvalue weighted by Crippen LogP contribution is -2.44. The molecule has 4 heterocycles. The summed E-state index contributed by atoms with van der Waals surface area (Å²) in [6, 6.07) is 5.81. The standard InChI is InChI=1S/C28H48N6/c1-21-18-22(2)20-31(19-21)16-8-12-27-29-30-28(34(27)33-25(5)14-15-26(33)6)13-9-17-32-23(3)10-7-11-24(32)4/h14-15,21-24H,7-13,16-20H2,1-6H3/t21-,22+,23-,24+. The first kappa shape index (κ1) is 25.4. The Labute approximate surface area is 207 Å². The van der Waals surface area contributed by atoms with Crippen LogP contribution in [0.3, 0.4) is 0 Å². The summed E-state index contributed by atoms with van der Waals surface area (Å²) < 4.78 is 4.65. The highest BCUT2D eigenvalue weighted by atomic mass is 15.5. The lowest BCUT2D eigenvalue weighted by Gasteiger charge is -2.39. The van der Waals surface area contributed by atoms with Crippen molar-refractivity contribution >= 4 is 0 Å². The lowest BCUT2D eigenvalue weighted by atomic mass is 9.92. The number of piperidine rings is 2. The van der Waals surface area contributed by atoms with Crippen molar-refractivity contribution < 1.29 is 0 Å². The molecule has 0 saturated carbocycles. The molecular weight excluding hydrogens is 420 g/mol. The molecule has 190 valence electrons. The minimum absolute atomic E-state index is 0.700. The lowest BCUT2D eigenvalue weighted by molar-refractivity contribution is 0.102. The zero-order valence-electron chi connectivity index (χ0n) is 22.6. The van der Waals surface area contributed by atoms with Crippen molar-refractivity contribution in [2.45, 2.75) is 105 Å². The Bertz CT molecular complexity index is 875. The van der Waals surface area contributed by atoms with Gasteiger partial charge in [-0.1, -0.05) is 20.3 Å². The van der Waals surface area contributed by atoms with Crippen LogP contribution in [0.5, 0.6) is 0 Å². The van der Waals surface area contributed by atoms with Gasteiger partial charge in [-0.15, -0.1) is 10.2 Å². The Morgan fingerprint density at radius 3 is 1.85 bits per heavy atom. The van der Waals surface area contributed by atoms with Crippen molar-refractivity contribution in [3.05, 3.63) is 35.2 Å². The van der Waals surface area contributed by atoms with Gasteiger partial charge in [-0.3, -0.25) is 9.58 Å².